The Bertz CT molecular complexity index is 1010. The number of rotatable bonds is 5. The second kappa shape index (κ2) is 8.70. The minimum Gasteiger partial charge on any atom is -0.497 e. The van der Waals surface area contributed by atoms with Gasteiger partial charge in [0.25, 0.3) is 0 Å². The standard InChI is InChI=1S/C24H26N2O5/c1-28-18-4-2-3-17(13-18)14-22-23(27)19-5-6-21-20(24(19)31-22)15-26(16-30-21)8-7-25-9-11-29-12-10-25/h2-6,13-14H,7-12,15-16H2,1H3/b22-14-. The Balaban J connectivity index is 1.33. The van der Waals surface area contributed by atoms with E-state index in [9.17, 15) is 4.79 Å². The monoisotopic (exact) mass is 422 g/mol. The van der Waals surface area contributed by atoms with Crippen molar-refractivity contribution in [3.05, 3.63) is 58.8 Å². The number of nitrogens with zero attached hydrogens (tertiary/aromatic N) is 2. The Hall–Kier alpha value is -2.87. The lowest BCUT2D eigenvalue weighted by molar-refractivity contribution is 0.0239. The zero-order chi connectivity index (χ0) is 21.2. The van der Waals surface area contributed by atoms with Crippen LogP contribution in [-0.2, 0) is 11.3 Å². The molecular formula is C24H26N2O5. The first kappa shape index (κ1) is 20.1. The van der Waals surface area contributed by atoms with Crippen molar-refractivity contribution in [3.63, 3.8) is 0 Å². The molecule has 0 bridgehead atoms. The van der Waals surface area contributed by atoms with Crippen LogP contribution in [0.4, 0.5) is 0 Å². The second-order valence-electron chi connectivity index (χ2n) is 7.92. The Morgan fingerprint density at radius 3 is 2.77 bits per heavy atom. The number of fused-ring (bicyclic) bond motifs is 3. The molecule has 7 nitrogen and oxygen atoms in total. The molecule has 0 aromatic heterocycles. The number of Topliss-reactive ketones (excluding diaryl/α,β-unsaturated/α-hetero) is 1. The van der Waals surface area contributed by atoms with E-state index in [0.717, 1.165) is 62.0 Å². The number of hydrogen-bond donors (Lipinski definition) is 0. The highest BCUT2D eigenvalue weighted by atomic mass is 16.5. The van der Waals surface area contributed by atoms with E-state index in [1.54, 1.807) is 19.3 Å². The predicted molar refractivity (Wildman–Crippen MR) is 116 cm³/mol. The van der Waals surface area contributed by atoms with Gasteiger partial charge in [-0.2, -0.15) is 0 Å². The van der Waals surface area contributed by atoms with Gasteiger partial charge in [-0.3, -0.25) is 14.6 Å². The average Bonchev–Trinajstić information content (AvgIpc) is 3.14. The van der Waals surface area contributed by atoms with E-state index < -0.39 is 0 Å². The molecule has 1 fully saturated rings. The maximum absolute atomic E-state index is 13.0. The summed E-state index contributed by atoms with van der Waals surface area (Å²) in [6.45, 7) is 6.63. The van der Waals surface area contributed by atoms with Crippen molar-refractivity contribution < 1.29 is 23.7 Å². The van der Waals surface area contributed by atoms with Crippen LogP contribution < -0.4 is 14.2 Å². The SMILES string of the molecule is COc1cccc(/C=C2\Oc3c(ccc4c3CN(CCN3CCOCC3)CO4)C2=O)c1. The number of carbonyl (C=O) groups is 1. The van der Waals surface area contributed by atoms with Gasteiger partial charge < -0.3 is 18.9 Å². The summed E-state index contributed by atoms with van der Waals surface area (Å²) in [5.41, 5.74) is 2.38. The summed E-state index contributed by atoms with van der Waals surface area (Å²) in [6, 6.07) is 11.2. The molecule has 2 aromatic carbocycles. The van der Waals surface area contributed by atoms with Crippen LogP contribution in [0.5, 0.6) is 17.2 Å². The smallest absolute Gasteiger partial charge is 0.231 e. The normalized spacial score (nSPS) is 20.2. The summed E-state index contributed by atoms with van der Waals surface area (Å²) in [5.74, 6) is 2.36. The van der Waals surface area contributed by atoms with E-state index >= 15 is 0 Å². The van der Waals surface area contributed by atoms with E-state index in [1.807, 2.05) is 30.3 Å². The quantitative estimate of drug-likeness (QED) is 0.687. The number of hydrogen-bond acceptors (Lipinski definition) is 7. The summed E-state index contributed by atoms with van der Waals surface area (Å²) in [6.07, 6.45) is 1.76. The molecule has 3 aliphatic rings. The third-order valence-corrected chi connectivity index (χ3v) is 5.91. The Morgan fingerprint density at radius 2 is 1.94 bits per heavy atom. The van der Waals surface area contributed by atoms with Gasteiger partial charge in [-0.15, -0.1) is 0 Å². The van der Waals surface area contributed by atoms with Crippen LogP contribution in [0.15, 0.2) is 42.2 Å². The zero-order valence-corrected chi connectivity index (χ0v) is 17.6. The molecule has 0 amide bonds. The van der Waals surface area contributed by atoms with Crippen LogP contribution in [0, 0.1) is 0 Å². The highest BCUT2D eigenvalue weighted by Gasteiger charge is 2.33. The van der Waals surface area contributed by atoms with Crippen LogP contribution in [0.2, 0.25) is 0 Å². The van der Waals surface area contributed by atoms with Crippen molar-refractivity contribution in [1.29, 1.82) is 0 Å². The van der Waals surface area contributed by atoms with Gasteiger partial charge in [0.05, 0.1) is 31.5 Å². The molecule has 0 atom stereocenters. The van der Waals surface area contributed by atoms with Crippen LogP contribution in [-0.4, -0.2) is 68.8 Å². The number of benzene rings is 2. The molecular weight excluding hydrogens is 396 g/mol. The van der Waals surface area contributed by atoms with Gasteiger partial charge in [-0.25, -0.2) is 0 Å². The molecule has 3 aliphatic heterocycles. The lowest BCUT2D eigenvalue weighted by atomic mass is 10.0. The van der Waals surface area contributed by atoms with E-state index in [2.05, 4.69) is 9.80 Å². The third-order valence-electron chi connectivity index (χ3n) is 5.91. The first-order chi connectivity index (χ1) is 15.2. The van der Waals surface area contributed by atoms with Gasteiger partial charge in [-0.05, 0) is 35.9 Å². The van der Waals surface area contributed by atoms with E-state index in [1.165, 1.54) is 0 Å². The third kappa shape index (κ3) is 4.17. The summed E-state index contributed by atoms with van der Waals surface area (Å²) in [7, 11) is 1.62. The van der Waals surface area contributed by atoms with Gasteiger partial charge in [-0.1, -0.05) is 12.1 Å². The average molecular weight is 422 g/mol. The highest BCUT2D eigenvalue weighted by Crippen LogP contribution is 2.42. The number of allylic oxidation sites excluding steroid dienone is 1. The lowest BCUT2D eigenvalue weighted by Gasteiger charge is -2.33. The fourth-order valence-corrected chi connectivity index (χ4v) is 4.14. The fraction of sp³-hybridized carbons (Fsp3) is 0.375. The van der Waals surface area contributed by atoms with Gasteiger partial charge in [0.15, 0.2) is 5.76 Å². The molecule has 0 unspecified atom stereocenters. The predicted octanol–water partition coefficient (Wildman–Crippen LogP) is 2.80. The number of carbonyl (C=O) groups excluding carboxylic acids is 1. The van der Waals surface area contributed by atoms with E-state index in [0.29, 0.717) is 30.3 Å². The van der Waals surface area contributed by atoms with Crippen LogP contribution in [0.25, 0.3) is 6.08 Å². The number of ketones is 1. The molecule has 0 aliphatic carbocycles. The maximum atomic E-state index is 13.0. The Morgan fingerprint density at radius 1 is 1.10 bits per heavy atom. The van der Waals surface area contributed by atoms with Gasteiger partial charge in [0, 0.05) is 32.7 Å². The van der Waals surface area contributed by atoms with Crippen molar-refractivity contribution in [3.8, 4) is 17.2 Å². The largest absolute Gasteiger partial charge is 0.497 e. The second-order valence-corrected chi connectivity index (χ2v) is 7.92. The summed E-state index contributed by atoms with van der Waals surface area (Å²) in [4.78, 5) is 17.6. The molecule has 7 heteroatoms. The van der Waals surface area contributed by atoms with Crippen molar-refractivity contribution in [2.75, 3.05) is 53.2 Å². The zero-order valence-electron chi connectivity index (χ0n) is 17.6. The molecule has 5 rings (SSSR count). The maximum Gasteiger partial charge on any atom is 0.231 e. The molecule has 3 heterocycles. The van der Waals surface area contributed by atoms with Crippen molar-refractivity contribution in [2.45, 2.75) is 6.54 Å². The summed E-state index contributed by atoms with van der Waals surface area (Å²) in [5, 5.41) is 0. The number of methoxy groups -OCH3 is 1. The van der Waals surface area contributed by atoms with Gasteiger partial charge in [0.1, 0.15) is 24.0 Å². The molecule has 162 valence electrons. The number of ether oxygens (including phenoxy) is 4. The summed E-state index contributed by atoms with van der Waals surface area (Å²) >= 11 is 0. The van der Waals surface area contributed by atoms with Crippen LogP contribution >= 0.6 is 0 Å². The molecule has 2 aromatic rings. The van der Waals surface area contributed by atoms with Crippen molar-refractivity contribution in [1.82, 2.24) is 9.80 Å². The van der Waals surface area contributed by atoms with Crippen molar-refractivity contribution in [2.24, 2.45) is 0 Å². The van der Waals surface area contributed by atoms with Crippen LogP contribution in [0.3, 0.4) is 0 Å². The minimum absolute atomic E-state index is 0.105. The van der Waals surface area contributed by atoms with E-state index in [4.69, 9.17) is 18.9 Å². The molecule has 1 saturated heterocycles. The molecule has 0 N–H and O–H groups in total. The Labute approximate surface area is 181 Å². The first-order valence-corrected chi connectivity index (χ1v) is 10.6. The van der Waals surface area contributed by atoms with Crippen molar-refractivity contribution >= 4 is 11.9 Å². The van der Waals surface area contributed by atoms with Gasteiger partial charge in [0.2, 0.25) is 5.78 Å². The molecule has 31 heavy (non-hydrogen) atoms. The highest BCUT2D eigenvalue weighted by molar-refractivity contribution is 6.15. The minimum atomic E-state index is -0.105. The molecule has 0 radical (unpaired) electrons. The Kier molecular flexibility index (Phi) is 5.63. The molecule has 0 saturated carbocycles. The fourth-order valence-electron chi connectivity index (χ4n) is 4.14. The number of morpholine rings is 1. The summed E-state index contributed by atoms with van der Waals surface area (Å²) < 4.78 is 22.7. The van der Waals surface area contributed by atoms with E-state index in [-0.39, 0.29) is 5.78 Å². The lowest BCUT2D eigenvalue weighted by Crippen LogP contribution is -2.43. The van der Waals surface area contributed by atoms with Gasteiger partial charge >= 0.3 is 0 Å². The van der Waals surface area contributed by atoms with Crippen LogP contribution in [0.1, 0.15) is 21.5 Å². The molecule has 0 spiro atoms. The first-order valence-electron chi connectivity index (χ1n) is 10.6. The topological polar surface area (TPSA) is 60.5 Å².